The molecule has 0 radical (unpaired) electrons. The molecule has 2 fully saturated rings. The molecule has 0 aliphatic carbocycles. The number of carbonyl (C=O) groups excluding carboxylic acids is 1. The predicted molar refractivity (Wildman–Crippen MR) is 87.8 cm³/mol. The van der Waals surface area contributed by atoms with Crippen molar-refractivity contribution in [2.24, 2.45) is 0 Å². The Morgan fingerprint density at radius 1 is 1.29 bits per heavy atom. The van der Waals surface area contributed by atoms with E-state index in [2.05, 4.69) is 42.3 Å². The van der Waals surface area contributed by atoms with E-state index in [4.69, 9.17) is 0 Å². The van der Waals surface area contributed by atoms with Crippen molar-refractivity contribution in [2.45, 2.75) is 50.1 Å². The second kappa shape index (κ2) is 6.41. The van der Waals surface area contributed by atoms with Gasteiger partial charge in [-0.15, -0.1) is 11.8 Å². The second-order valence-corrected chi connectivity index (χ2v) is 7.34. The molecule has 4 heteroatoms. The Bertz CT molecular complexity index is 532. The maximum Gasteiger partial charge on any atom is 0.232 e. The van der Waals surface area contributed by atoms with Crippen LogP contribution in [0.1, 0.15) is 30.4 Å². The van der Waals surface area contributed by atoms with Crippen LogP contribution in [0.3, 0.4) is 0 Å². The first-order chi connectivity index (χ1) is 10.1. The first-order valence-corrected chi connectivity index (χ1v) is 8.84. The van der Waals surface area contributed by atoms with Crippen molar-refractivity contribution in [3.05, 3.63) is 29.3 Å². The van der Waals surface area contributed by atoms with Crippen LogP contribution >= 0.6 is 11.8 Å². The molecular weight excluding hydrogens is 280 g/mol. The molecule has 2 aliphatic rings. The van der Waals surface area contributed by atoms with E-state index in [-0.39, 0.29) is 5.91 Å². The maximum absolute atomic E-state index is 12.5. The fourth-order valence-electron chi connectivity index (χ4n) is 3.26. The molecule has 2 saturated heterocycles. The van der Waals surface area contributed by atoms with E-state index < -0.39 is 0 Å². The van der Waals surface area contributed by atoms with Crippen molar-refractivity contribution in [3.63, 3.8) is 0 Å². The molecule has 21 heavy (non-hydrogen) atoms. The fraction of sp³-hybridized carbons (Fsp3) is 0.588. The van der Waals surface area contributed by atoms with Gasteiger partial charge in [-0.25, -0.2) is 0 Å². The Kier molecular flexibility index (Phi) is 4.55. The van der Waals surface area contributed by atoms with Crippen LogP contribution < -0.4 is 5.32 Å². The molecule has 1 aromatic rings. The average molecular weight is 304 g/mol. The van der Waals surface area contributed by atoms with Gasteiger partial charge in [0.05, 0.1) is 5.75 Å². The summed E-state index contributed by atoms with van der Waals surface area (Å²) < 4.78 is 0. The molecule has 2 aliphatic heterocycles. The lowest BCUT2D eigenvalue weighted by Crippen LogP contribution is -2.39. The zero-order valence-electron chi connectivity index (χ0n) is 12.9. The Morgan fingerprint density at radius 3 is 2.95 bits per heavy atom. The van der Waals surface area contributed by atoms with Crippen LogP contribution in [0.2, 0.25) is 0 Å². The molecule has 3 rings (SSSR count). The Labute approximate surface area is 131 Å². The van der Waals surface area contributed by atoms with Gasteiger partial charge >= 0.3 is 0 Å². The normalized spacial score (nSPS) is 25.0. The number of carbonyl (C=O) groups is 1. The van der Waals surface area contributed by atoms with Gasteiger partial charge in [0.2, 0.25) is 5.91 Å². The number of amides is 1. The minimum Gasteiger partial charge on any atom is -0.340 e. The third kappa shape index (κ3) is 3.61. The summed E-state index contributed by atoms with van der Waals surface area (Å²) in [7, 11) is 0. The van der Waals surface area contributed by atoms with E-state index in [1.807, 2.05) is 0 Å². The van der Waals surface area contributed by atoms with E-state index >= 15 is 0 Å². The summed E-state index contributed by atoms with van der Waals surface area (Å²) in [5.41, 5.74) is 2.52. The van der Waals surface area contributed by atoms with Crippen molar-refractivity contribution >= 4 is 17.7 Å². The SMILES string of the molecule is Cc1ccc(C)c(SCC(=O)N2CCC3CCC(C2)N3)c1. The van der Waals surface area contributed by atoms with E-state index in [0.717, 1.165) is 19.5 Å². The highest BCUT2D eigenvalue weighted by Crippen LogP contribution is 2.25. The molecule has 1 amide bonds. The van der Waals surface area contributed by atoms with Gasteiger partial charge in [0, 0.05) is 30.1 Å². The molecule has 0 aromatic heterocycles. The van der Waals surface area contributed by atoms with Crippen LogP contribution in [-0.4, -0.2) is 41.7 Å². The highest BCUT2D eigenvalue weighted by atomic mass is 32.2. The van der Waals surface area contributed by atoms with Crippen LogP contribution in [-0.2, 0) is 4.79 Å². The number of likely N-dealkylation sites (tertiary alicyclic amines) is 1. The van der Waals surface area contributed by atoms with Gasteiger partial charge < -0.3 is 10.2 Å². The number of rotatable bonds is 3. The molecule has 0 spiro atoms. The first-order valence-electron chi connectivity index (χ1n) is 7.85. The minimum atomic E-state index is 0.287. The lowest BCUT2D eigenvalue weighted by Gasteiger charge is -2.24. The number of hydrogen-bond donors (Lipinski definition) is 1. The Morgan fingerprint density at radius 2 is 2.10 bits per heavy atom. The molecule has 2 unspecified atom stereocenters. The van der Waals surface area contributed by atoms with Crippen molar-refractivity contribution in [2.75, 3.05) is 18.8 Å². The predicted octanol–water partition coefficient (Wildman–Crippen LogP) is 2.75. The van der Waals surface area contributed by atoms with Gasteiger partial charge in [0.25, 0.3) is 0 Å². The summed E-state index contributed by atoms with van der Waals surface area (Å²) in [6, 6.07) is 7.60. The number of aryl methyl sites for hydroxylation is 2. The second-order valence-electron chi connectivity index (χ2n) is 6.32. The van der Waals surface area contributed by atoms with Gasteiger partial charge in [-0.3, -0.25) is 4.79 Å². The number of benzene rings is 1. The van der Waals surface area contributed by atoms with Crippen molar-refractivity contribution in [1.82, 2.24) is 10.2 Å². The van der Waals surface area contributed by atoms with Crippen molar-refractivity contribution in [3.8, 4) is 0 Å². The van der Waals surface area contributed by atoms with Crippen LogP contribution in [0.5, 0.6) is 0 Å². The number of fused-ring (bicyclic) bond motifs is 2. The molecule has 2 atom stereocenters. The van der Waals surface area contributed by atoms with E-state index in [9.17, 15) is 4.79 Å². The number of nitrogens with one attached hydrogen (secondary N) is 1. The van der Waals surface area contributed by atoms with E-state index in [1.54, 1.807) is 11.8 Å². The zero-order chi connectivity index (χ0) is 14.8. The van der Waals surface area contributed by atoms with E-state index in [1.165, 1.54) is 28.9 Å². The monoisotopic (exact) mass is 304 g/mol. The Balaban J connectivity index is 1.57. The van der Waals surface area contributed by atoms with Gasteiger partial charge in [0.1, 0.15) is 0 Å². The summed E-state index contributed by atoms with van der Waals surface area (Å²) in [5.74, 6) is 0.844. The average Bonchev–Trinajstić information content (AvgIpc) is 2.79. The molecule has 1 N–H and O–H groups in total. The largest absolute Gasteiger partial charge is 0.340 e. The summed E-state index contributed by atoms with van der Waals surface area (Å²) in [6.07, 6.45) is 3.61. The Hall–Kier alpha value is -1.00. The number of hydrogen-bond acceptors (Lipinski definition) is 3. The minimum absolute atomic E-state index is 0.287. The molecule has 2 heterocycles. The van der Waals surface area contributed by atoms with Crippen LogP contribution in [0.15, 0.2) is 23.1 Å². The van der Waals surface area contributed by atoms with E-state index in [0.29, 0.717) is 17.8 Å². The topological polar surface area (TPSA) is 32.3 Å². The highest BCUT2D eigenvalue weighted by Gasteiger charge is 2.30. The smallest absolute Gasteiger partial charge is 0.232 e. The highest BCUT2D eigenvalue weighted by molar-refractivity contribution is 8.00. The standard InChI is InChI=1S/C17H24N2OS/c1-12-3-4-13(2)16(9-12)21-11-17(20)19-8-7-14-5-6-15(10-19)18-14/h3-4,9,14-15,18H,5-8,10-11H2,1-2H3. The number of nitrogens with zero attached hydrogens (tertiary/aromatic N) is 1. The maximum atomic E-state index is 12.5. The van der Waals surface area contributed by atoms with Gasteiger partial charge in [-0.05, 0) is 44.7 Å². The molecule has 1 aromatic carbocycles. The summed E-state index contributed by atoms with van der Waals surface area (Å²) in [6.45, 7) is 6.02. The van der Waals surface area contributed by atoms with Crippen LogP contribution in [0, 0.1) is 13.8 Å². The molecule has 2 bridgehead atoms. The summed E-state index contributed by atoms with van der Waals surface area (Å²) in [5, 5.41) is 3.63. The van der Waals surface area contributed by atoms with Gasteiger partial charge in [-0.1, -0.05) is 17.7 Å². The number of thioether (sulfide) groups is 1. The van der Waals surface area contributed by atoms with Crippen LogP contribution in [0.4, 0.5) is 0 Å². The summed E-state index contributed by atoms with van der Waals surface area (Å²) >= 11 is 1.68. The third-order valence-electron chi connectivity index (χ3n) is 4.57. The third-order valence-corrected chi connectivity index (χ3v) is 5.71. The molecule has 3 nitrogen and oxygen atoms in total. The zero-order valence-corrected chi connectivity index (χ0v) is 13.7. The van der Waals surface area contributed by atoms with Crippen LogP contribution in [0.25, 0.3) is 0 Å². The molecule has 0 saturated carbocycles. The lowest BCUT2D eigenvalue weighted by atomic mass is 10.1. The molecular formula is C17H24N2OS. The van der Waals surface area contributed by atoms with Gasteiger partial charge in [0.15, 0.2) is 0 Å². The first kappa shape index (κ1) is 14.9. The quantitative estimate of drug-likeness (QED) is 0.872. The molecule has 114 valence electrons. The fourth-order valence-corrected chi connectivity index (χ4v) is 4.29. The summed E-state index contributed by atoms with van der Waals surface area (Å²) in [4.78, 5) is 15.8. The van der Waals surface area contributed by atoms with Gasteiger partial charge in [-0.2, -0.15) is 0 Å². The lowest BCUT2D eigenvalue weighted by molar-refractivity contribution is -0.128. The van der Waals surface area contributed by atoms with Crippen molar-refractivity contribution in [1.29, 1.82) is 0 Å². The van der Waals surface area contributed by atoms with Crippen molar-refractivity contribution < 1.29 is 4.79 Å².